The molecule has 1 aromatic rings. The van der Waals surface area contributed by atoms with Gasteiger partial charge in [-0.2, -0.15) is 22.0 Å². The van der Waals surface area contributed by atoms with E-state index in [2.05, 4.69) is 4.74 Å². The number of hydrogen-bond donors (Lipinski definition) is 1. The van der Waals surface area contributed by atoms with Crippen LogP contribution in [0, 0.1) is 0 Å². The second-order valence-electron chi connectivity index (χ2n) is 3.70. The van der Waals surface area contributed by atoms with Crippen molar-refractivity contribution in [2.75, 3.05) is 6.61 Å². The van der Waals surface area contributed by atoms with E-state index < -0.39 is 31.3 Å². The molecule has 0 spiro atoms. The SMILES string of the molecule is O=C(O)c1ccc(COCC(F)(F)C(F)(F)F)cc1. The smallest absolute Gasteiger partial charge is 0.455 e. The minimum atomic E-state index is -5.65. The van der Waals surface area contributed by atoms with Gasteiger partial charge in [0.1, 0.15) is 6.61 Å². The monoisotopic (exact) mass is 284 g/mol. The molecule has 0 radical (unpaired) electrons. The van der Waals surface area contributed by atoms with Crippen LogP contribution in [-0.4, -0.2) is 29.8 Å². The summed E-state index contributed by atoms with van der Waals surface area (Å²) in [5.74, 6) is -6.08. The lowest BCUT2D eigenvalue weighted by molar-refractivity contribution is -0.297. The van der Waals surface area contributed by atoms with Crippen molar-refractivity contribution < 1.29 is 36.6 Å². The first kappa shape index (κ1) is 15.4. The molecule has 0 saturated heterocycles. The third kappa shape index (κ3) is 4.16. The van der Waals surface area contributed by atoms with Gasteiger partial charge < -0.3 is 9.84 Å². The second kappa shape index (κ2) is 5.52. The van der Waals surface area contributed by atoms with Crippen LogP contribution >= 0.6 is 0 Å². The third-order valence-electron chi connectivity index (χ3n) is 2.17. The highest BCUT2D eigenvalue weighted by molar-refractivity contribution is 5.87. The Morgan fingerprint density at radius 1 is 1.11 bits per heavy atom. The van der Waals surface area contributed by atoms with Crippen LogP contribution in [0.15, 0.2) is 24.3 Å². The molecule has 0 aliphatic carbocycles. The van der Waals surface area contributed by atoms with Gasteiger partial charge in [0.2, 0.25) is 0 Å². The molecule has 1 rings (SSSR count). The molecule has 1 aromatic carbocycles. The second-order valence-corrected chi connectivity index (χ2v) is 3.70. The summed E-state index contributed by atoms with van der Waals surface area (Å²) in [6.07, 6.45) is -5.65. The van der Waals surface area contributed by atoms with Gasteiger partial charge in [-0.25, -0.2) is 4.79 Å². The average molecular weight is 284 g/mol. The van der Waals surface area contributed by atoms with Gasteiger partial charge in [-0.3, -0.25) is 0 Å². The Morgan fingerprint density at radius 2 is 1.63 bits per heavy atom. The van der Waals surface area contributed by atoms with Gasteiger partial charge >= 0.3 is 18.1 Å². The maximum absolute atomic E-state index is 12.5. The Labute approximate surface area is 104 Å². The number of carboxylic acids is 1. The van der Waals surface area contributed by atoms with Crippen LogP contribution in [0.3, 0.4) is 0 Å². The van der Waals surface area contributed by atoms with Gasteiger partial charge in [-0.15, -0.1) is 0 Å². The van der Waals surface area contributed by atoms with Gasteiger partial charge in [-0.1, -0.05) is 12.1 Å². The molecular formula is C11H9F5O3. The quantitative estimate of drug-likeness (QED) is 0.845. The van der Waals surface area contributed by atoms with Crippen molar-refractivity contribution in [2.45, 2.75) is 18.7 Å². The van der Waals surface area contributed by atoms with E-state index in [1.807, 2.05) is 0 Å². The molecule has 8 heteroatoms. The minimum absolute atomic E-state index is 0.0237. The fourth-order valence-electron chi connectivity index (χ4n) is 1.12. The average Bonchev–Trinajstić information content (AvgIpc) is 2.28. The zero-order valence-electron chi connectivity index (χ0n) is 9.38. The molecule has 0 bridgehead atoms. The van der Waals surface area contributed by atoms with Crippen molar-refractivity contribution in [3.63, 3.8) is 0 Å². The Morgan fingerprint density at radius 3 is 2.05 bits per heavy atom. The molecule has 0 aliphatic heterocycles. The van der Waals surface area contributed by atoms with Gasteiger partial charge in [0.25, 0.3) is 0 Å². The molecule has 0 unspecified atom stereocenters. The number of rotatable bonds is 5. The molecule has 0 amide bonds. The fraction of sp³-hybridized carbons (Fsp3) is 0.364. The molecule has 0 fully saturated rings. The molecule has 19 heavy (non-hydrogen) atoms. The fourth-order valence-corrected chi connectivity index (χ4v) is 1.12. The first-order valence-corrected chi connectivity index (χ1v) is 4.98. The van der Waals surface area contributed by atoms with E-state index in [9.17, 15) is 26.7 Å². The van der Waals surface area contributed by atoms with Crippen molar-refractivity contribution in [3.8, 4) is 0 Å². The largest absolute Gasteiger partial charge is 0.478 e. The van der Waals surface area contributed by atoms with Gasteiger partial charge in [0.05, 0.1) is 12.2 Å². The van der Waals surface area contributed by atoms with Gasteiger partial charge in [-0.05, 0) is 17.7 Å². The van der Waals surface area contributed by atoms with Gasteiger partial charge in [0, 0.05) is 0 Å². The summed E-state index contributed by atoms with van der Waals surface area (Å²) in [6, 6.07) is 4.94. The topological polar surface area (TPSA) is 46.5 Å². The summed E-state index contributed by atoms with van der Waals surface area (Å²) in [5.41, 5.74) is 0.271. The predicted molar refractivity (Wildman–Crippen MR) is 54.1 cm³/mol. The number of hydrogen-bond acceptors (Lipinski definition) is 2. The van der Waals surface area contributed by atoms with E-state index in [0.717, 1.165) is 0 Å². The van der Waals surface area contributed by atoms with Crippen LogP contribution < -0.4 is 0 Å². The number of carboxylic acid groups (broad SMARTS) is 1. The number of halogens is 5. The molecule has 0 saturated carbocycles. The Kier molecular flexibility index (Phi) is 4.46. The maximum atomic E-state index is 12.5. The number of aromatic carboxylic acids is 1. The molecule has 0 atom stereocenters. The van der Waals surface area contributed by atoms with Crippen molar-refractivity contribution in [1.29, 1.82) is 0 Å². The van der Waals surface area contributed by atoms with Crippen molar-refractivity contribution in [1.82, 2.24) is 0 Å². The highest BCUT2D eigenvalue weighted by atomic mass is 19.4. The normalized spacial score (nSPS) is 12.5. The third-order valence-corrected chi connectivity index (χ3v) is 2.17. The number of benzene rings is 1. The summed E-state index contributed by atoms with van der Waals surface area (Å²) in [5, 5.41) is 8.59. The maximum Gasteiger partial charge on any atom is 0.455 e. The number of alkyl halides is 5. The lowest BCUT2D eigenvalue weighted by Gasteiger charge is -2.19. The Balaban J connectivity index is 2.52. The summed E-state index contributed by atoms with van der Waals surface area (Å²) in [6.45, 7) is -2.25. The zero-order chi connectivity index (χ0) is 14.7. The van der Waals surface area contributed by atoms with Crippen molar-refractivity contribution in [3.05, 3.63) is 35.4 Å². The minimum Gasteiger partial charge on any atom is -0.478 e. The van der Waals surface area contributed by atoms with Crippen LogP contribution in [0.5, 0.6) is 0 Å². The first-order valence-electron chi connectivity index (χ1n) is 4.98. The molecular weight excluding hydrogens is 275 g/mol. The van der Waals surface area contributed by atoms with E-state index in [-0.39, 0.29) is 5.56 Å². The highest BCUT2D eigenvalue weighted by Crippen LogP contribution is 2.35. The van der Waals surface area contributed by atoms with E-state index in [1.165, 1.54) is 24.3 Å². The molecule has 106 valence electrons. The number of ether oxygens (including phenoxy) is 1. The summed E-state index contributed by atoms with van der Waals surface area (Å²) < 4.78 is 64.7. The van der Waals surface area contributed by atoms with Crippen LogP contribution in [0.1, 0.15) is 15.9 Å². The molecule has 0 aromatic heterocycles. The molecule has 1 N–H and O–H groups in total. The lowest BCUT2D eigenvalue weighted by Crippen LogP contribution is -2.40. The Bertz CT molecular complexity index is 439. The highest BCUT2D eigenvalue weighted by Gasteiger charge is 2.57. The van der Waals surface area contributed by atoms with Crippen LogP contribution in [0.2, 0.25) is 0 Å². The van der Waals surface area contributed by atoms with E-state index in [0.29, 0.717) is 5.56 Å². The zero-order valence-corrected chi connectivity index (χ0v) is 9.38. The van der Waals surface area contributed by atoms with Crippen LogP contribution in [0.25, 0.3) is 0 Å². The molecule has 0 heterocycles. The number of carbonyl (C=O) groups is 1. The van der Waals surface area contributed by atoms with E-state index in [4.69, 9.17) is 5.11 Å². The Hall–Kier alpha value is -1.70. The first-order chi connectivity index (χ1) is 8.63. The van der Waals surface area contributed by atoms with Crippen LogP contribution in [0.4, 0.5) is 22.0 Å². The van der Waals surface area contributed by atoms with Crippen molar-refractivity contribution >= 4 is 5.97 Å². The summed E-state index contributed by atoms with van der Waals surface area (Å²) >= 11 is 0. The lowest BCUT2D eigenvalue weighted by atomic mass is 10.1. The molecule has 3 nitrogen and oxygen atoms in total. The molecule has 0 aliphatic rings. The van der Waals surface area contributed by atoms with E-state index >= 15 is 0 Å². The summed E-state index contributed by atoms with van der Waals surface area (Å²) in [4.78, 5) is 10.5. The van der Waals surface area contributed by atoms with Crippen LogP contribution in [-0.2, 0) is 11.3 Å². The van der Waals surface area contributed by atoms with Gasteiger partial charge in [0.15, 0.2) is 0 Å². The van der Waals surface area contributed by atoms with Crippen molar-refractivity contribution in [2.24, 2.45) is 0 Å². The standard InChI is InChI=1S/C11H9F5O3/c12-10(13,11(14,15)16)6-19-5-7-1-3-8(4-2-7)9(17)18/h1-4H,5-6H2,(H,17,18). The van der Waals surface area contributed by atoms with E-state index in [1.54, 1.807) is 0 Å². The predicted octanol–water partition coefficient (Wildman–Crippen LogP) is 3.10. The summed E-state index contributed by atoms with van der Waals surface area (Å²) in [7, 11) is 0.